The van der Waals surface area contributed by atoms with E-state index in [2.05, 4.69) is 9.71 Å². The summed E-state index contributed by atoms with van der Waals surface area (Å²) in [6, 6.07) is 8.02. The summed E-state index contributed by atoms with van der Waals surface area (Å²) in [7, 11) is -3.22. The number of rotatable bonds is 5. The molecule has 0 radical (unpaired) electrons. The zero-order valence-electron chi connectivity index (χ0n) is 9.89. The molecule has 96 valence electrons. The van der Waals surface area contributed by atoms with Gasteiger partial charge in [-0.05, 0) is 18.1 Å². The maximum Gasteiger partial charge on any atom is 0.279 e. The second-order valence-electron chi connectivity index (χ2n) is 4.41. The summed E-state index contributed by atoms with van der Waals surface area (Å²) in [5.74, 6) is 0. The summed E-state index contributed by atoms with van der Waals surface area (Å²) in [6.45, 7) is 1.71. The molecule has 0 atom stereocenters. The van der Waals surface area contributed by atoms with Gasteiger partial charge in [0, 0.05) is 36.7 Å². The van der Waals surface area contributed by atoms with Crippen LogP contribution < -0.4 is 4.72 Å². The predicted octanol–water partition coefficient (Wildman–Crippen LogP) is 0.860. The van der Waals surface area contributed by atoms with Crippen molar-refractivity contribution in [3.63, 3.8) is 0 Å². The van der Waals surface area contributed by atoms with E-state index in [0.29, 0.717) is 26.1 Å². The third-order valence-corrected chi connectivity index (χ3v) is 4.71. The number of para-hydroxylation sites is 1. The lowest BCUT2D eigenvalue weighted by molar-refractivity contribution is 0.547. The van der Waals surface area contributed by atoms with E-state index in [1.165, 1.54) is 4.31 Å². The van der Waals surface area contributed by atoms with Crippen LogP contribution in [0.3, 0.4) is 0 Å². The molecule has 2 N–H and O–H groups in total. The Labute approximate surface area is 106 Å². The van der Waals surface area contributed by atoms with Crippen molar-refractivity contribution < 1.29 is 8.42 Å². The lowest BCUT2D eigenvalue weighted by atomic mass is 10.1. The van der Waals surface area contributed by atoms with Crippen LogP contribution in [0.25, 0.3) is 10.9 Å². The van der Waals surface area contributed by atoms with Crippen molar-refractivity contribution in [2.24, 2.45) is 0 Å². The summed E-state index contributed by atoms with van der Waals surface area (Å²) in [6.07, 6.45) is 2.63. The van der Waals surface area contributed by atoms with Crippen LogP contribution in [0.2, 0.25) is 0 Å². The van der Waals surface area contributed by atoms with E-state index in [-0.39, 0.29) is 0 Å². The van der Waals surface area contributed by atoms with Crippen molar-refractivity contribution in [1.82, 2.24) is 14.0 Å². The van der Waals surface area contributed by atoms with Gasteiger partial charge in [0.25, 0.3) is 10.2 Å². The second-order valence-corrected chi connectivity index (χ2v) is 6.16. The van der Waals surface area contributed by atoms with Crippen LogP contribution in [-0.4, -0.2) is 37.3 Å². The van der Waals surface area contributed by atoms with E-state index in [9.17, 15) is 8.42 Å². The average molecular weight is 265 g/mol. The molecule has 0 saturated carbocycles. The predicted molar refractivity (Wildman–Crippen MR) is 70.5 cm³/mol. The molecule has 3 rings (SSSR count). The number of nitrogens with one attached hydrogen (secondary N) is 2. The summed E-state index contributed by atoms with van der Waals surface area (Å²) >= 11 is 0. The van der Waals surface area contributed by atoms with Gasteiger partial charge in [0.05, 0.1) is 0 Å². The number of benzene rings is 1. The molecule has 1 saturated heterocycles. The van der Waals surface area contributed by atoms with Gasteiger partial charge in [0.15, 0.2) is 0 Å². The Morgan fingerprint density at radius 3 is 2.83 bits per heavy atom. The quantitative estimate of drug-likeness (QED) is 0.788. The first kappa shape index (κ1) is 11.7. The molecular weight excluding hydrogens is 250 g/mol. The molecule has 1 aromatic heterocycles. The van der Waals surface area contributed by atoms with E-state index in [1.54, 1.807) is 0 Å². The maximum atomic E-state index is 11.6. The second kappa shape index (κ2) is 4.38. The van der Waals surface area contributed by atoms with Crippen LogP contribution in [0.1, 0.15) is 5.56 Å². The van der Waals surface area contributed by atoms with E-state index in [1.807, 2.05) is 30.5 Å². The highest BCUT2D eigenvalue weighted by Crippen LogP contribution is 2.18. The number of aromatic nitrogens is 1. The highest BCUT2D eigenvalue weighted by molar-refractivity contribution is 7.87. The number of fused-ring (bicyclic) bond motifs is 1. The smallest absolute Gasteiger partial charge is 0.279 e. The van der Waals surface area contributed by atoms with E-state index in [4.69, 9.17) is 0 Å². The van der Waals surface area contributed by atoms with Crippen LogP contribution in [0.15, 0.2) is 30.5 Å². The molecule has 1 aliphatic rings. The lowest BCUT2D eigenvalue weighted by Gasteiger charge is -2.05. The third kappa shape index (κ3) is 2.27. The van der Waals surface area contributed by atoms with Crippen molar-refractivity contribution in [3.05, 3.63) is 36.0 Å². The van der Waals surface area contributed by atoms with Crippen LogP contribution in [0.5, 0.6) is 0 Å². The normalized spacial score (nSPS) is 16.2. The molecule has 1 aliphatic heterocycles. The molecule has 2 aromatic rings. The van der Waals surface area contributed by atoms with Gasteiger partial charge < -0.3 is 4.98 Å². The summed E-state index contributed by atoms with van der Waals surface area (Å²) in [5.41, 5.74) is 2.22. The van der Waals surface area contributed by atoms with Gasteiger partial charge in [-0.3, -0.25) is 0 Å². The van der Waals surface area contributed by atoms with Gasteiger partial charge in [-0.25, -0.2) is 4.72 Å². The van der Waals surface area contributed by atoms with Gasteiger partial charge in [0.2, 0.25) is 0 Å². The first-order valence-electron chi connectivity index (χ1n) is 5.96. The van der Waals surface area contributed by atoms with Crippen LogP contribution >= 0.6 is 0 Å². The first-order chi connectivity index (χ1) is 8.67. The van der Waals surface area contributed by atoms with Gasteiger partial charge >= 0.3 is 0 Å². The van der Waals surface area contributed by atoms with Gasteiger partial charge in [0.1, 0.15) is 0 Å². The van der Waals surface area contributed by atoms with Crippen molar-refractivity contribution in [2.45, 2.75) is 6.42 Å². The minimum absolute atomic E-state index is 0.431. The van der Waals surface area contributed by atoms with Crippen molar-refractivity contribution >= 4 is 21.1 Å². The molecule has 1 aromatic carbocycles. The lowest BCUT2D eigenvalue weighted by Crippen LogP contribution is -2.31. The Balaban J connectivity index is 1.66. The fraction of sp³-hybridized carbons (Fsp3) is 0.333. The molecule has 2 heterocycles. The Morgan fingerprint density at radius 1 is 1.28 bits per heavy atom. The van der Waals surface area contributed by atoms with Gasteiger partial charge in [-0.15, -0.1) is 0 Å². The minimum atomic E-state index is -3.22. The largest absolute Gasteiger partial charge is 0.361 e. The molecule has 0 aliphatic carbocycles. The minimum Gasteiger partial charge on any atom is -0.361 e. The number of hydrogen-bond donors (Lipinski definition) is 2. The zero-order chi connectivity index (χ0) is 12.6. The molecule has 18 heavy (non-hydrogen) atoms. The molecular formula is C12H15N3O2S. The third-order valence-electron chi connectivity index (χ3n) is 3.10. The zero-order valence-corrected chi connectivity index (χ0v) is 10.7. The van der Waals surface area contributed by atoms with Crippen molar-refractivity contribution in [1.29, 1.82) is 0 Å². The molecule has 0 spiro atoms. The van der Waals surface area contributed by atoms with E-state index < -0.39 is 10.2 Å². The maximum absolute atomic E-state index is 11.6. The summed E-state index contributed by atoms with van der Waals surface area (Å²) < 4.78 is 27.2. The van der Waals surface area contributed by atoms with Gasteiger partial charge in [-0.1, -0.05) is 18.2 Å². The molecule has 5 nitrogen and oxygen atoms in total. The summed E-state index contributed by atoms with van der Waals surface area (Å²) in [4.78, 5) is 3.18. The Bertz CT molecular complexity index is 659. The Kier molecular flexibility index (Phi) is 2.85. The number of nitrogens with zero attached hydrogens (tertiary/aromatic N) is 1. The van der Waals surface area contributed by atoms with Crippen LogP contribution in [0, 0.1) is 0 Å². The molecule has 0 bridgehead atoms. The topological polar surface area (TPSA) is 65.0 Å². The summed E-state index contributed by atoms with van der Waals surface area (Å²) in [5, 5.41) is 1.16. The number of H-pyrrole nitrogens is 1. The molecule has 1 fully saturated rings. The Hall–Kier alpha value is -1.37. The van der Waals surface area contributed by atoms with E-state index in [0.717, 1.165) is 16.5 Å². The van der Waals surface area contributed by atoms with Crippen molar-refractivity contribution in [2.75, 3.05) is 19.6 Å². The monoisotopic (exact) mass is 265 g/mol. The fourth-order valence-corrected chi connectivity index (χ4v) is 3.13. The first-order valence-corrected chi connectivity index (χ1v) is 7.40. The highest BCUT2D eigenvalue weighted by Gasteiger charge is 2.30. The molecule has 0 amide bonds. The van der Waals surface area contributed by atoms with Gasteiger partial charge in [-0.2, -0.15) is 12.7 Å². The van der Waals surface area contributed by atoms with Crippen molar-refractivity contribution in [3.8, 4) is 0 Å². The van der Waals surface area contributed by atoms with Crippen LogP contribution in [-0.2, 0) is 16.6 Å². The Morgan fingerprint density at radius 2 is 2.06 bits per heavy atom. The number of aromatic amines is 1. The van der Waals surface area contributed by atoms with E-state index >= 15 is 0 Å². The molecule has 0 unspecified atom stereocenters. The highest BCUT2D eigenvalue weighted by atomic mass is 32.2. The molecule has 6 heteroatoms. The SMILES string of the molecule is O=S(=O)(NCCc1c[nH]c2ccccc12)N1CC1. The van der Waals surface area contributed by atoms with Crippen LogP contribution in [0.4, 0.5) is 0 Å². The average Bonchev–Trinajstić information content (AvgIpc) is 3.14. The standard InChI is InChI=1S/C12H15N3O2S/c16-18(17,15-7-8-15)14-6-5-10-9-13-12-4-2-1-3-11(10)12/h1-4,9,13-14H,5-8H2. The number of hydrogen-bond acceptors (Lipinski definition) is 2. The fourth-order valence-electron chi connectivity index (χ4n) is 2.03.